The van der Waals surface area contributed by atoms with Crippen LogP contribution < -0.4 is 5.32 Å². The standard InChI is InChI=1S/C10H20N4O2S/c1-3-6-17(15,16)7-5-14-9-12-10(13-14)8-11-4-2/h9,11H,3-8H2,1-2H3. The van der Waals surface area contributed by atoms with Crippen LogP contribution in [0.25, 0.3) is 0 Å². The zero-order valence-corrected chi connectivity index (χ0v) is 11.2. The van der Waals surface area contributed by atoms with Crippen LogP contribution in [0.4, 0.5) is 0 Å². The molecule has 0 spiro atoms. The zero-order chi connectivity index (χ0) is 12.7. The summed E-state index contributed by atoms with van der Waals surface area (Å²) in [5, 5.41) is 7.30. The molecule has 1 N–H and O–H groups in total. The first-order valence-electron chi connectivity index (χ1n) is 5.87. The molecule has 0 fully saturated rings. The Kier molecular flexibility index (Phi) is 5.57. The van der Waals surface area contributed by atoms with E-state index in [1.807, 2.05) is 13.8 Å². The van der Waals surface area contributed by atoms with E-state index in [2.05, 4.69) is 15.4 Å². The van der Waals surface area contributed by atoms with E-state index < -0.39 is 9.84 Å². The summed E-state index contributed by atoms with van der Waals surface area (Å²) in [6.45, 7) is 5.72. The molecule has 0 aliphatic heterocycles. The molecule has 1 heterocycles. The summed E-state index contributed by atoms with van der Waals surface area (Å²) in [7, 11) is -2.94. The van der Waals surface area contributed by atoms with Crippen molar-refractivity contribution in [3.05, 3.63) is 12.2 Å². The largest absolute Gasteiger partial charge is 0.310 e. The van der Waals surface area contributed by atoms with Crippen LogP contribution in [0, 0.1) is 0 Å². The van der Waals surface area contributed by atoms with E-state index in [4.69, 9.17) is 0 Å². The number of sulfone groups is 1. The minimum absolute atomic E-state index is 0.130. The smallest absolute Gasteiger partial charge is 0.164 e. The van der Waals surface area contributed by atoms with Crippen molar-refractivity contribution in [3.8, 4) is 0 Å². The summed E-state index contributed by atoms with van der Waals surface area (Å²) >= 11 is 0. The second kappa shape index (κ2) is 6.70. The Bertz CT molecular complexity index is 427. The molecular weight excluding hydrogens is 240 g/mol. The molecule has 0 aromatic carbocycles. The first kappa shape index (κ1) is 14.1. The zero-order valence-electron chi connectivity index (χ0n) is 10.4. The molecule has 1 rings (SSSR count). The molecule has 98 valence electrons. The third-order valence-corrected chi connectivity index (χ3v) is 4.10. The lowest BCUT2D eigenvalue weighted by molar-refractivity contribution is 0.576. The SMILES string of the molecule is CCCS(=O)(=O)CCn1cnc(CNCC)n1. The lowest BCUT2D eigenvalue weighted by Crippen LogP contribution is -2.17. The maximum Gasteiger partial charge on any atom is 0.164 e. The first-order chi connectivity index (χ1) is 8.07. The summed E-state index contributed by atoms with van der Waals surface area (Å²) in [6.07, 6.45) is 2.24. The molecule has 1 aromatic heterocycles. The maximum atomic E-state index is 11.5. The number of aromatic nitrogens is 3. The van der Waals surface area contributed by atoms with Gasteiger partial charge in [-0.2, -0.15) is 5.10 Å². The number of aryl methyl sites for hydroxylation is 1. The van der Waals surface area contributed by atoms with Crippen molar-refractivity contribution in [1.29, 1.82) is 0 Å². The number of hydrogen-bond acceptors (Lipinski definition) is 5. The van der Waals surface area contributed by atoms with Gasteiger partial charge in [0, 0.05) is 5.75 Å². The van der Waals surface area contributed by atoms with Crippen LogP contribution in [-0.4, -0.2) is 41.2 Å². The molecule has 7 heteroatoms. The predicted molar refractivity (Wildman–Crippen MR) is 66.3 cm³/mol. The van der Waals surface area contributed by atoms with Crippen molar-refractivity contribution in [2.75, 3.05) is 18.1 Å². The van der Waals surface area contributed by atoms with Crippen molar-refractivity contribution in [2.45, 2.75) is 33.4 Å². The number of nitrogens with one attached hydrogen (secondary N) is 1. The van der Waals surface area contributed by atoms with Gasteiger partial charge in [0.15, 0.2) is 15.7 Å². The Balaban J connectivity index is 2.44. The number of rotatable bonds is 8. The Morgan fingerprint density at radius 1 is 1.35 bits per heavy atom. The average molecular weight is 260 g/mol. The minimum atomic E-state index is -2.94. The fourth-order valence-electron chi connectivity index (χ4n) is 1.40. The highest BCUT2D eigenvalue weighted by molar-refractivity contribution is 7.91. The van der Waals surface area contributed by atoms with Gasteiger partial charge < -0.3 is 5.32 Å². The van der Waals surface area contributed by atoms with Gasteiger partial charge >= 0.3 is 0 Å². The van der Waals surface area contributed by atoms with Gasteiger partial charge in [0.2, 0.25) is 0 Å². The van der Waals surface area contributed by atoms with Gasteiger partial charge in [-0.25, -0.2) is 13.4 Å². The summed E-state index contributed by atoms with van der Waals surface area (Å²) in [5.74, 6) is 1.07. The van der Waals surface area contributed by atoms with Gasteiger partial charge in [0.05, 0.1) is 18.8 Å². The number of nitrogens with zero attached hydrogens (tertiary/aromatic N) is 3. The molecular formula is C10H20N4O2S. The molecule has 0 saturated carbocycles. The van der Waals surface area contributed by atoms with E-state index in [0.29, 0.717) is 25.3 Å². The Labute approximate surface area is 102 Å². The van der Waals surface area contributed by atoms with Gasteiger partial charge in [-0.3, -0.25) is 4.68 Å². The molecule has 0 amide bonds. The molecule has 0 atom stereocenters. The van der Waals surface area contributed by atoms with Gasteiger partial charge in [-0.1, -0.05) is 13.8 Å². The fraction of sp³-hybridized carbons (Fsp3) is 0.800. The molecule has 0 radical (unpaired) electrons. The molecule has 0 aliphatic carbocycles. The van der Waals surface area contributed by atoms with Crippen LogP contribution in [0.15, 0.2) is 6.33 Å². The second-order valence-corrected chi connectivity index (χ2v) is 6.16. The lowest BCUT2D eigenvalue weighted by atomic mass is 10.6. The second-order valence-electron chi connectivity index (χ2n) is 3.86. The van der Waals surface area contributed by atoms with Crippen LogP contribution >= 0.6 is 0 Å². The lowest BCUT2D eigenvalue weighted by Gasteiger charge is -2.02. The van der Waals surface area contributed by atoms with E-state index in [0.717, 1.165) is 6.54 Å². The van der Waals surface area contributed by atoms with Gasteiger partial charge in [-0.05, 0) is 13.0 Å². The molecule has 17 heavy (non-hydrogen) atoms. The highest BCUT2D eigenvalue weighted by Crippen LogP contribution is 1.96. The molecule has 6 nitrogen and oxygen atoms in total. The van der Waals surface area contributed by atoms with E-state index in [1.54, 1.807) is 11.0 Å². The van der Waals surface area contributed by atoms with Crippen LogP contribution in [0.3, 0.4) is 0 Å². The monoisotopic (exact) mass is 260 g/mol. The van der Waals surface area contributed by atoms with Gasteiger partial charge in [0.1, 0.15) is 6.33 Å². The maximum absolute atomic E-state index is 11.5. The minimum Gasteiger partial charge on any atom is -0.310 e. The fourth-order valence-corrected chi connectivity index (χ4v) is 2.70. The van der Waals surface area contributed by atoms with Crippen molar-refractivity contribution >= 4 is 9.84 Å². The highest BCUT2D eigenvalue weighted by Gasteiger charge is 2.10. The highest BCUT2D eigenvalue weighted by atomic mass is 32.2. The van der Waals surface area contributed by atoms with Crippen molar-refractivity contribution < 1.29 is 8.42 Å². The summed E-state index contributed by atoms with van der Waals surface area (Å²) in [5.41, 5.74) is 0. The van der Waals surface area contributed by atoms with Crippen molar-refractivity contribution in [3.63, 3.8) is 0 Å². The van der Waals surface area contributed by atoms with Crippen LogP contribution in [0.5, 0.6) is 0 Å². The average Bonchev–Trinajstić information content (AvgIpc) is 2.72. The summed E-state index contributed by atoms with van der Waals surface area (Å²) < 4.78 is 24.6. The Hall–Kier alpha value is -0.950. The summed E-state index contributed by atoms with van der Waals surface area (Å²) in [4.78, 5) is 4.09. The molecule has 1 aromatic rings. The molecule has 0 aliphatic rings. The molecule has 0 saturated heterocycles. The van der Waals surface area contributed by atoms with E-state index in [9.17, 15) is 8.42 Å². The Morgan fingerprint density at radius 2 is 2.12 bits per heavy atom. The Morgan fingerprint density at radius 3 is 2.76 bits per heavy atom. The third-order valence-electron chi connectivity index (χ3n) is 2.26. The van der Waals surface area contributed by atoms with E-state index in [-0.39, 0.29) is 11.5 Å². The number of hydrogen-bond donors (Lipinski definition) is 1. The van der Waals surface area contributed by atoms with E-state index in [1.165, 1.54) is 0 Å². The normalized spacial score (nSPS) is 11.9. The topological polar surface area (TPSA) is 76.9 Å². The van der Waals surface area contributed by atoms with Crippen LogP contribution in [0.2, 0.25) is 0 Å². The van der Waals surface area contributed by atoms with Crippen LogP contribution in [-0.2, 0) is 22.9 Å². The van der Waals surface area contributed by atoms with Crippen molar-refractivity contribution in [2.24, 2.45) is 0 Å². The third kappa shape index (κ3) is 5.27. The predicted octanol–water partition coefficient (Wildman–Crippen LogP) is 0.212. The van der Waals surface area contributed by atoms with Crippen molar-refractivity contribution in [1.82, 2.24) is 20.1 Å². The van der Waals surface area contributed by atoms with Gasteiger partial charge in [0.25, 0.3) is 0 Å². The van der Waals surface area contributed by atoms with Gasteiger partial charge in [-0.15, -0.1) is 0 Å². The molecule has 0 unspecified atom stereocenters. The summed E-state index contributed by atoms with van der Waals surface area (Å²) in [6, 6.07) is 0. The molecule has 0 bridgehead atoms. The van der Waals surface area contributed by atoms with Crippen LogP contribution in [0.1, 0.15) is 26.1 Å². The van der Waals surface area contributed by atoms with E-state index >= 15 is 0 Å². The quantitative estimate of drug-likeness (QED) is 0.723. The first-order valence-corrected chi connectivity index (χ1v) is 7.69.